The summed E-state index contributed by atoms with van der Waals surface area (Å²) >= 11 is 0. The summed E-state index contributed by atoms with van der Waals surface area (Å²) in [5.74, 6) is 1.75. The molecular weight excluding hydrogens is 309 g/mol. The van der Waals surface area contributed by atoms with Gasteiger partial charge < -0.3 is 20.1 Å². The summed E-state index contributed by atoms with van der Waals surface area (Å²) in [4.78, 5) is 4.44. The lowest BCUT2D eigenvalue weighted by molar-refractivity contribution is 0.355. The van der Waals surface area contributed by atoms with E-state index in [1.54, 1.807) is 20.3 Å². The van der Waals surface area contributed by atoms with Crippen molar-refractivity contribution in [3.63, 3.8) is 0 Å². The first-order chi connectivity index (χ1) is 11.6. The molecule has 0 spiro atoms. The van der Waals surface area contributed by atoms with E-state index in [1.165, 1.54) is 6.07 Å². The van der Waals surface area contributed by atoms with Crippen LogP contribution in [-0.4, -0.2) is 26.7 Å². The lowest BCUT2D eigenvalue weighted by Crippen LogP contribution is -2.29. The fraction of sp³-hybridized carbons (Fsp3) is 0.278. The molecule has 1 heterocycles. The smallest absolute Gasteiger partial charge is 0.162 e. The number of hydrogen-bond donors (Lipinski definition) is 2. The van der Waals surface area contributed by atoms with Crippen LogP contribution in [0.2, 0.25) is 0 Å². The third kappa shape index (κ3) is 3.13. The van der Waals surface area contributed by atoms with Crippen LogP contribution >= 0.6 is 0 Å². The van der Waals surface area contributed by atoms with Gasteiger partial charge >= 0.3 is 0 Å². The second-order valence-corrected chi connectivity index (χ2v) is 5.54. The predicted molar refractivity (Wildman–Crippen MR) is 92.5 cm³/mol. The Morgan fingerprint density at radius 3 is 2.62 bits per heavy atom. The van der Waals surface area contributed by atoms with Gasteiger partial charge in [0.1, 0.15) is 18.3 Å². The highest BCUT2D eigenvalue weighted by atomic mass is 19.1. The van der Waals surface area contributed by atoms with Gasteiger partial charge in [0.2, 0.25) is 0 Å². The molecule has 1 aliphatic rings. The molecule has 0 saturated carbocycles. The SMILES string of the molecule is COc1cc2c(cc1OC)C(NCc1ccc(C)cc1F)=NCN2. The Bertz CT molecular complexity index is 790. The van der Waals surface area contributed by atoms with Crippen molar-refractivity contribution in [2.75, 3.05) is 26.2 Å². The first-order valence-electron chi connectivity index (χ1n) is 7.66. The second-order valence-electron chi connectivity index (χ2n) is 5.54. The van der Waals surface area contributed by atoms with E-state index in [0.717, 1.165) is 16.8 Å². The fourth-order valence-electron chi connectivity index (χ4n) is 2.64. The number of ether oxygens (including phenoxy) is 2. The first kappa shape index (κ1) is 16.1. The molecular formula is C18H20FN3O2. The number of fused-ring (bicyclic) bond motifs is 1. The zero-order chi connectivity index (χ0) is 17.1. The summed E-state index contributed by atoms with van der Waals surface area (Å²) in [7, 11) is 3.19. The van der Waals surface area contributed by atoms with Crippen molar-refractivity contribution in [3.8, 4) is 11.5 Å². The molecule has 0 fully saturated rings. The van der Waals surface area contributed by atoms with Crippen molar-refractivity contribution >= 4 is 11.5 Å². The molecule has 126 valence electrons. The minimum absolute atomic E-state index is 0.218. The van der Waals surface area contributed by atoms with Gasteiger partial charge in [0.15, 0.2) is 11.5 Å². The number of methoxy groups -OCH3 is 2. The summed E-state index contributed by atoms with van der Waals surface area (Å²) in [6.07, 6.45) is 0. The van der Waals surface area contributed by atoms with Gasteiger partial charge in [0.05, 0.1) is 19.9 Å². The molecule has 2 N–H and O–H groups in total. The molecule has 6 heteroatoms. The highest BCUT2D eigenvalue weighted by Gasteiger charge is 2.18. The molecule has 0 unspecified atom stereocenters. The molecule has 0 atom stereocenters. The number of amidine groups is 1. The maximum absolute atomic E-state index is 14.0. The molecule has 0 bridgehead atoms. The second kappa shape index (κ2) is 6.78. The lowest BCUT2D eigenvalue weighted by Gasteiger charge is -2.21. The van der Waals surface area contributed by atoms with Gasteiger partial charge in [-0.15, -0.1) is 0 Å². The highest BCUT2D eigenvalue weighted by Crippen LogP contribution is 2.34. The van der Waals surface area contributed by atoms with Gasteiger partial charge in [-0.25, -0.2) is 9.38 Å². The Kier molecular flexibility index (Phi) is 4.55. The number of anilines is 1. The van der Waals surface area contributed by atoms with Gasteiger partial charge in [-0.3, -0.25) is 0 Å². The van der Waals surface area contributed by atoms with Crippen molar-refractivity contribution in [1.82, 2.24) is 5.32 Å². The fourth-order valence-corrected chi connectivity index (χ4v) is 2.64. The Morgan fingerprint density at radius 2 is 1.92 bits per heavy atom. The molecule has 0 aromatic heterocycles. The van der Waals surface area contributed by atoms with E-state index in [4.69, 9.17) is 9.47 Å². The van der Waals surface area contributed by atoms with Gasteiger partial charge in [-0.05, 0) is 24.6 Å². The molecule has 1 aliphatic heterocycles. The van der Waals surface area contributed by atoms with Crippen LogP contribution in [0.25, 0.3) is 0 Å². The molecule has 0 radical (unpaired) electrons. The number of nitrogens with zero attached hydrogens (tertiary/aromatic N) is 1. The van der Waals surface area contributed by atoms with Gasteiger partial charge in [-0.2, -0.15) is 0 Å². The van der Waals surface area contributed by atoms with E-state index in [1.807, 2.05) is 25.1 Å². The van der Waals surface area contributed by atoms with Crippen LogP contribution in [0.1, 0.15) is 16.7 Å². The number of benzene rings is 2. The molecule has 3 rings (SSSR count). The average molecular weight is 329 g/mol. The summed E-state index contributed by atoms with van der Waals surface area (Å²) in [5, 5.41) is 6.42. The van der Waals surface area contributed by atoms with E-state index in [9.17, 15) is 4.39 Å². The Hall–Kier alpha value is -2.76. The van der Waals surface area contributed by atoms with E-state index in [2.05, 4.69) is 15.6 Å². The molecule has 0 amide bonds. The number of rotatable bonds is 4. The van der Waals surface area contributed by atoms with Crippen molar-refractivity contribution in [2.45, 2.75) is 13.5 Å². The maximum atomic E-state index is 14.0. The summed E-state index contributed by atoms with van der Waals surface area (Å²) < 4.78 is 24.7. The molecule has 0 saturated heterocycles. The van der Waals surface area contributed by atoms with Crippen molar-refractivity contribution in [3.05, 3.63) is 52.8 Å². The molecule has 24 heavy (non-hydrogen) atoms. The Balaban J connectivity index is 1.84. The number of nitrogens with one attached hydrogen (secondary N) is 2. The van der Waals surface area contributed by atoms with Crippen LogP contribution in [-0.2, 0) is 6.54 Å². The first-order valence-corrected chi connectivity index (χ1v) is 7.66. The Morgan fingerprint density at radius 1 is 1.17 bits per heavy atom. The van der Waals surface area contributed by atoms with Crippen LogP contribution in [0.5, 0.6) is 11.5 Å². The number of halogens is 1. The number of aliphatic imine (C=N–C) groups is 1. The van der Waals surface area contributed by atoms with E-state index >= 15 is 0 Å². The average Bonchev–Trinajstić information content (AvgIpc) is 2.59. The van der Waals surface area contributed by atoms with Gasteiger partial charge in [0.25, 0.3) is 0 Å². The zero-order valence-corrected chi connectivity index (χ0v) is 13.9. The van der Waals surface area contributed by atoms with Crippen LogP contribution in [0, 0.1) is 12.7 Å². The zero-order valence-electron chi connectivity index (χ0n) is 13.9. The molecule has 0 aliphatic carbocycles. The number of hydrogen-bond acceptors (Lipinski definition) is 5. The van der Waals surface area contributed by atoms with Gasteiger partial charge in [-0.1, -0.05) is 12.1 Å². The summed E-state index contributed by atoms with van der Waals surface area (Å²) in [6.45, 7) is 2.67. The normalized spacial score (nSPS) is 12.8. The molecule has 2 aromatic carbocycles. The largest absolute Gasteiger partial charge is 0.493 e. The minimum Gasteiger partial charge on any atom is -0.493 e. The minimum atomic E-state index is -0.218. The van der Waals surface area contributed by atoms with Gasteiger partial charge in [0, 0.05) is 23.7 Å². The van der Waals surface area contributed by atoms with Crippen molar-refractivity contribution in [1.29, 1.82) is 0 Å². The van der Waals surface area contributed by atoms with Crippen LogP contribution in [0.4, 0.5) is 10.1 Å². The summed E-state index contributed by atoms with van der Waals surface area (Å²) in [5.41, 5.74) is 3.27. The molecule has 5 nitrogen and oxygen atoms in total. The van der Waals surface area contributed by atoms with Crippen LogP contribution in [0.15, 0.2) is 35.3 Å². The molecule has 2 aromatic rings. The third-order valence-electron chi connectivity index (χ3n) is 3.94. The lowest BCUT2D eigenvalue weighted by atomic mass is 10.1. The number of aryl methyl sites for hydroxylation is 1. The van der Waals surface area contributed by atoms with E-state index < -0.39 is 0 Å². The van der Waals surface area contributed by atoms with Crippen LogP contribution < -0.4 is 20.1 Å². The quantitative estimate of drug-likeness (QED) is 0.905. The van der Waals surface area contributed by atoms with E-state index in [-0.39, 0.29) is 5.82 Å². The highest BCUT2D eigenvalue weighted by molar-refractivity contribution is 6.05. The predicted octanol–water partition coefficient (Wildman–Crippen LogP) is 3.07. The monoisotopic (exact) mass is 329 g/mol. The van der Waals surface area contributed by atoms with E-state index in [0.29, 0.717) is 36.1 Å². The summed E-state index contributed by atoms with van der Waals surface area (Å²) in [6, 6.07) is 8.94. The standard InChI is InChI=1S/C18H20FN3O2/c1-11-4-5-12(14(19)6-11)9-20-18-13-7-16(23-2)17(24-3)8-15(13)21-10-22-18/h4-8,21H,9-10H2,1-3H3,(H,20,22). The maximum Gasteiger partial charge on any atom is 0.162 e. The van der Waals surface area contributed by atoms with Crippen molar-refractivity contribution in [2.24, 2.45) is 4.99 Å². The third-order valence-corrected chi connectivity index (χ3v) is 3.94. The van der Waals surface area contributed by atoms with Crippen molar-refractivity contribution < 1.29 is 13.9 Å². The topological polar surface area (TPSA) is 54.9 Å². The van der Waals surface area contributed by atoms with Crippen LogP contribution in [0.3, 0.4) is 0 Å². The Labute approximate surface area is 140 Å².